The van der Waals surface area contributed by atoms with E-state index in [0.29, 0.717) is 5.92 Å². The van der Waals surface area contributed by atoms with Gasteiger partial charge in [0.15, 0.2) is 0 Å². The zero-order chi connectivity index (χ0) is 10.8. The van der Waals surface area contributed by atoms with Crippen molar-refractivity contribution in [1.82, 2.24) is 4.90 Å². The molecule has 15 heavy (non-hydrogen) atoms. The smallest absolute Gasteiger partial charge is 0.123 e. The van der Waals surface area contributed by atoms with Crippen LogP contribution in [0.2, 0.25) is 0 Å². The van der Waals surface area contributed by atoms with E-state index in [1.165, 1.54) is 6.07 Å². The van der Waals surface area contributed by atoms with Gasteiger partial charge < -0.3 is 10.2 Å². The SMILES string of the molecule is CN(C)CCC1CNc2ccc(F)cc21.[HH]. The van der Waals surface area contributed by atoms with E-state index in [0.717, 1.165) is 30.8 Å². The van der Waals surface area contributed by atoms with Crippen LogP contribution in [0.5, 0.6) is 0 Å². The minimum Gasteiger partial charge on any atom is -0.384 e. The molecule has 3 heteroatoms. The van der Waals surface area contributed by atoms with E-state index in [9.17, 15) is 4.39 Å². The zero-order valence-corrected chi connectivity index (χ0v) is 9.26. The van der Waals surface area contributed by atoms with Crippen molar-refractivity contribution in [3.05, 3.63) is 29.6 Å². The first-order valence-corrected chi connectivity index (χ1v) is 5.35. The van der Waals surface area contributed by atoms with E-state index >= 15 is 0 Å². The van der Waals surface area contributed by atoms with Gasteiger partial charge in [-0.3, -0.25) is 0 Å². The Bertz CT molecular complexity index is 355. The number of halogens is 1. The van der Waals surface area contributed by atoms with Crippen molar-refractivity contribution in [3.8, 4) is 0 Å². The van der Waals surface area contributed by atoms with Crippen LogP contribution in [0.3, 0.4) is 0 Å². The minimum atomic E-state index is -0.132. The third-order valence-corrected chi connectivity index (χ3v) is 2.92. The molecule has 0 saturated carbocycles. The largest absolute Gasteiger partial charge is 0.384 e. The molecule has 0 bridgehead atoms. The lowest BCUT2D eigenvalue weighted by Gasteiger charge is -2.14. The first-order valence-electron chi connectivity index (χ1n) is 5.35. The summed E-state index contributed by atoms with van der Waals surface area (Å²) in [6, 6.07) is 5.01. The van der Waals surface area contributed by atoms with Gasteiger partial charge in [0, 0.05) is 19.6 Å². The lowest BCUT2D eigenvalue weighted by atomic mass is 9.98. The number of nitrogens with one attached hydrogen (secondary N) is 1. The van der Waals surface area contributed by atoms with E-state index in [2.05, 4.69) is 24.3 Å². The number of nitrogens with zero attached hydrogens (tertiary/aromatic N) is 1. The van der Waals surface area contributed by atoms with Crippen LogP contribution in [-0.2, 0) is 0 Å². The molecule has 0 radical (unpaired) electrons. The first kappa shape index (κ1) is 10.4. The van der Waals surface area contributed by atoms with Crippen molar-refractivity contribution >= 4 is 5.69 Å². The van der Waals surface area contributed by atoms with Gasteiger partial charge in [-0.05, 0) is 50.8 Å². The quantitative estimate of drug-likeness (QED) is 0.824. The molecular formula is C12H19FN2. The Hall–Kier alpha value is -1.09. The second-order valence-electron chi connectivity index (χ2n) is 4.40. The number of benzene rings is 1. The standard InChI is InChI=1S/C12H17FN2.H2/c1-15(2)6-5-9-8-14-12-4-3-10(13)7-11(9)12;/h3-4,7,9,14H,5-6,8H2,1-2H3;1H. The summed E-state index contributed by atoms with van der Waals surface area (Å²) in [5, 5.41) is 3.32. The second-order valence-corrected chi connectivity index (χ2v) is 4.40. The number of anilines is 1. The first-order chi connectivity index (χ1) is 7.16. The second kappa shape index (κ2) is 4.19. The summed E-state index contributed by atoms with van der Waals surface area (Å²) in [6.07, 6.45) is 1.08. The number of fused-ring (bicyclic) bond motifs is 1. The van der Waals surface area contributed by atoms with E-state index in [1.54, 1.807) is 6.07 Å². The minimum absolute atomic E-state index is 0. The molecule has 1 N–H and O–H groups in total. The molecule has 1 atom stereocenters. The number of hydrogen-bond acceptors (Lipinski definition) is 2. The summed E-state index contributed by atoms with van der Waals surface area (Å²) in [7, 11) is 4.13. The summed E-state index contributed by atoms with van der Waals surface area (Å²) >= 11 is 0. The van der Waals surface area contributed by atoms with Crippen molar-refractivity contribution < 1.29 is 5.82 Å². The molecule has 2 rings (SSSR count). The highest BCUT2D eigenvalue weighted by molar-refractivity contribution is 5.57. The molecule has 0 saturated heterocycles. The Kier molecular flexibility index (Phi) is 2.91. The van der Waals surface area contributed by atoms with E-state index < -0.39 is 0 Å². The molecular weight excluding hydrogens is 191 g/mol. The maximum Gasteiger partial charge on any atom is 0.123 e. The lowest BCUT2D eigenvalue weighted by molar-refractivity contribution is 0.386. The van der Waals surface area contributed by atoms with Crippen molar-refractivity contribution in [2.24, 2.45) is 0 Å². The molecule has 84 valence electrons. The maximum atomic E-state index is 13.1. The van der Waals surface area contributed by atoms with Crippen molar-refractivity contribution in [2.45, 2.75) is 12.3 Å². The van der Waals surface area contributed by atoms with Gasteiger partial charge in [-0.1, -0.05) is 0 Å². The lowest BCUT2D eigenvalue weighted by Crippen LogP contribution is -2.16. The van der Waals surface area contributed by atoms with Gasteiger partial charge in [-0.2, -0.15) is 0 Å². The van der Waals surface area contributed by atoms with Crippen LogP contribution >= 0.6 is 0 Å². The molecule has 1 heterocycles. The normalized spacial score (nSPS) is 19.1. The molecule has 1 unspecified atom stereocenters. The fourth-order valence-electron chi connectivity index (χ4n) is 2.05. The molecule has 0 aromatic heterocycles. The summed E-state index contributed by atoms with van der Waals surface area (Å²) in [5.74, 6) is 0.324. The highest BCUT2D eigenvalue weighted by Gasteiger charge is 2.22. The fourth-order valence-corrected chi connectivity index (χ4v) is 2.05. The molecule has 1 aromatic carbocycles. The monoisotopic (exact) mass is 210 g/mol. The Morgan fingerprint density at radius 2 is 2.33 bits per heavy atom. The maximum absolute atomic E-state index is 13.1. The van der Waals surface area contributed by atoms with Gasteiger partial charge >= 0.3 is 0 Å². The average molecular weight is 210 g/mol. The number of rotatable bonds is 3. The van der Waals surface area contributed by atoms with Crippen LogP contribution in [0, 0.1) is 5.82 Å². The fraction of sp³-hybridized carbons (Fsp3) is 0.500. The Morgan fingerprint density at radius 1 is 1.53 bits per heavy atom. The molecule has 0 fully saturated rings. The molecule has 0 spiro atoms. The zero-order valence-electron chi connectivity index (χ0n) is 9.26. The summed E-state index contributed by atoms with van der Waals surface area (Å²) < 4.78 is 13.1. The van der Waals surface area contributed by atoms with Gasteiger partial charge in [-0.25, -0.2) is 4.39 Å². The van der Waals surface area contributed by atoms with Crippen molar-refractivity contribution in [1.29, 1.82) is 0 Å². The predicted octanol–water partition coefficient (Wildman–Crippen LogP) is 2.53. The van der Waals surface area contributed by atoms with Gasteiger partial charge in [-0.15, -0.1) is 0 Å². The van der Waals surface area contributed by atoms with Gasteiger partial charge in [0.1, 0.15) is 5.82 Å². The average Bonchev–Trinajstić information content (AvgIpc) is 2.57. The van der Waals surface area contributed by atoms with Gasteiger partial charge in [0.25, 0.3) is 0 Å². The van der Waals surface area contributed by atoms with Crippen LogP contribution < -0.4 is 5.32 Å². The van der Waals surface area contributed by atoms with E-state index in [4.69, 9.17) is 0 Å². The number of hydrogen-bond donors (Lipinski definition) is 1. The Morgan fingerprint density at radius 3 is 3.07 bits per heavy atom. The highest BCUT2D eigenvalue weighted by atomic mass is 19.1. The summed E-state index contributed by atoms with van der Waals surface area (Å²) in [6.45, 7) is 1.98. The Labute approximate surface area is 91.6 Å². The van der Waals surface area contributed by atoms with Crippen LogP contribution in [0.4, 0.5) is 10.1 Å². The Balaban J connectivity index is 0.00000128. The topological polar surface area (TPSA) is 15.3 Å². The summed E-state index contributed by atoms with van der Waals surface area (Å²) in [5.41, 5.74) is 2.23. The molecule has 1 aliphatic heterocycles. The molecule has 2 nitrogen and oxygen atoms in total. The van der Waals surface area contributed by atoms with Gasteiger partial charge in [0.2, 0.25) is 0 Å². The third-order valence-electron chi connectivity index (χ3n) is 2.92. The molecule has 0 amide bonds. The van der Waals surface area contributed by atoms with Crippen molar-refractivity contribution in [2.75, 3.05) is 32.5 Å². The molecule has 1 aliphatic rings. The van der Waals surface area contributed by atoms with Crippen LogP contribution in [0.15, 0.2) is 18.2 Å². The highest BCUT2D eigenvalue weighted by Crippen LogP contribution is 2.33. The third kappa shape index (κ3) is 2.29. The summed E-state index contributed by atoms with van der Waals surface area (Å²) in [4.78, 5) is 2.16. The molecule has 0 aliphatic carbocycles. The van der Waals surface area contributed by atoms with Gasteiger partial charge in [0.05, 0.1) is 0 Å². The van der Waals surface area contributed by atoms with E-state index in [-0.39, 0.29) is 7.24 Å². The van der Waals surface area contributed by atoms with Crippen LogP contribution in [0.25, 0.3) is 0 Å². The van der Waals surface area contributed by atoms with Crippen LogP contribution in [0.1, 0.15) is 19.3 Å². The van der Waals surface area contributed by atoms with Crippen LogP contribution in [-0.4, -0.2) is 32.1 Å². The van der Waals surface area contributed by atoms with E-state index in [1.807, 2.05) is 6.07 Å². The predicted molar refractivity (Wildman–Crippen MR) is 62.9 cm³/mol. The molecule has 1 aromatic rings. The van der Waals surface area contributed by atoms with Crippen molar-refractivity contribution in [3.63, 3.8) is 0 Å².